The molecule has 0 saturated heterocycles. The molecule has 0 bridgehead atoms. The van der Waals surface area contributed by atoms with Crippen LogP contribution >= 0.6 is 23.7 Å². The molecule has 0 fully saturated rings. The van der Waals surface area contributed by atoms with E-state index in [4.69, 9.17) is 5.73 Å². The molecule has 2 rings (SSSR count). The second kappa shape index (κ2) is 8.47. The number of carbonyl (C=O) groups is 2. The molecule has 0 aliphatic carbocycles. The third-order valence-corrected chi connectivity index (χ3v) is 3.45. The number of hydrogen-bond donors (Lipinski definition) is 2. The molecule has 3 N–H and O–H groups in total. The molecule has 0 aliphatic heterocycles. The van der Waals surface area contributed by atoms with Gasteiger partial charge in [0.25, 0.3) is 5.91 Å². The molecule has 2 aromatic heterocycles. The summed E-state index contributed by atoms with van der Waals surface area (Å²) in [6.07, 6.45) is 2.22. The van der Waals surface area contributed by atoms with Crippen LogP contribution in [0.5, 0.6) is 0 Å². The number of ether oxygens (including phenoxy) is 1. The first kappa shape index (κ1) is 18.1. The van der Waals surface area contributed by atoms with Gasteiger partial charge < -0.3 is 15.8 Å². The van der Waals surface area contributed by atoms with Gasteiger partial charge in [0.1, 0.15) is 12.2 Å². The van der Waals surface area contributed by atoms with Crippen molar-refractivity contribution in [2.75, 3.05) is 19.0 Å². The van der Waals surface area contributed by atoms with Gasteiger partial charge in [-0.3, -0.25) is 14.3 Å². The summed E-state index contributed by atoms with van der Waals surface area (Å²) in [7, 11) is 1.30. The lowest BCUT2D eigenvalue weighted by Gasteiger charge is -2.00. The maximum absolute atomic E-state index is 12.0. The van der Waals surface area contributed by atoms with Crippen molar-refractivity contribution < 1.29 is 14.3 Å². The van der Waals surface area contributed by atoms with E-state index >= 15 is 0 Å². The quantitative estimate of drug-likeness (QED) is 0.745. The summed E-state index contributed by atoms with van der Waals surface area (Å²) in [4.78, 5) is 27.3. The molecule has 0 aromatic carbocycles. The average Bonchev–Trinajstić information content (AvgIpc) is 3.09. The van der Waals surface area contributed by atoms with Crippen molar-refractivity contribution in [3.05, 3.63) is 28.3 Å². The molecule has 0 spiro atoms. The summed E-state index contributed by atoms with van der Waals surface area (Å²) in [6.45, 7) is 0.482. The van der Waals surface area contributed by atoms with Crippen molar-refractivity contribution in [1.82, 2.24) is 14.8 Å². The SMILES string of the molecule is COC(=O)Cn1ccc(NC(=O)c2csc(CCN)n2)n1.Cl. The van der Waals surface area contributed by atoms with Gasteiger partial charge >= 0.3 is 5.97 Å². The fourth-order valence-corrected chi connectivity index (χ4v) is 2.34. The molecular weight excluding hydrogens is 330 g/mol. The number of rotatable bonds is 6. The van der Waals surface area contributed by atoms with Crippen LogP contribution in [-0.2, 0) is 22.5 Å². The highest BCUT2D eigenvalue weighted by Gasteiger charge is 2.12. The standard InChI is InChI=1S/C12H15N5O3S.ClH/c1-20-11(18)6-17-5-3-9(16-17)15-12(19)8-7-21-10(14-8)2-4-13;/h3,5,7H,2,4,6,13H2,1H3,(H,15,16,19);1H. The van der Waals surface area contributed by atoms with Crippen molar-refractivity contribution >= 4 is 41.4 Å². The summed E-state index contributed by atoms with van der Waals surface area (Å²) in [6, 6.07) is 1.59. The first-order valence-corrected chi connectivity index (χ1v) is 7.06. The number of amides is 1. The summed E-state index contributed by atoms with van der Waals surface area (Å²) in [5.41, 5.74) is 5.76. The van der Waals surface area contributed by atoms with E-state index < -0.39 is 5.97 Å². The topological polar surface area (TPSA) is 112 Å². The van der Waals surface area contributed by atoms with E-state index in [-0.39, 0.29) is 24.9 Å². The molecule has 0 saturated carbocycles. The number of anilines is 1. The van der Waals surface area contributed by atoms with Crippen LogP contribution in [0.4, 0.5) is 5.82 Å². The van der Waals surface area contributed by atoms with Gasteiger partial charge in [-0.25, -0.2) is 4.98 Å². The Morgan fingerprint density at radius 2 is 2.27 bits per heavy atom. The third kappa shape index (κ3) is 4.79. The number of nitrogens with one attached hydrogen (secondary N) is 1. The Morgan fingerprint density at radius 3 is 2.95 bits per heavy atom. The maximum Gasteiger partial charge on any atom is 0.327 e. The van der Waals surface area contributed by atoms with Crippen molar-refractivity contribution in [2.45, 2.75) is 13.0 Å². The lowest BCUT2D eigenvalue weighted by atomic mass is 10.4. The third-order valence-electron chi connectivity index (χ3n) is 2.54. The fourth-order valence-electron chi connectivity index (χ4n) is 1.55. The largest absolute Gasteiger partial charge is 0.468 e. The molecular formula is C12H16ClN5O3S. The number of aromatic nitrogens is 3. The Morgan fingerprint density at radius 1 is 1.50 bits per heavy atom. The Bertz CT molecular complexity index is 642. The highest BCUT2D eigenvalue weighted by atomic mass is 35.5. The minimum absolute atomic E-state index is 0. The monoisotopic (exact) mass is 345 g/mol. The van der Waals surface area contributed by atoms with Crippen LogP contribution in [0.25, 0.3) is 0 Å². The number of carbonyl (C=O) groups excluding carboxylic acids is 2. The molecule has 0 aliphatic rings. The van der Waals surface area contributed by atoms with Gasteiger partial charge in [0.2, 0.25) is 0 Å². The Labute approximate surface area is 137 Å². The molecule has 120 valence electrons. The van der Waals surface area contributed by atoms with Crippen molar-refractivity contribution in [1.29, 1.82) is 0 Å². The highest BCUT2D eigenvalue weighted by Crippen LogP contribution is 2.12. The first-order chi connectivity index (χ1) is 10.1. The van der Waals surface area contributed by atoms with Crippen molar-refractivity contribution in [3.63, 3.8) is 0 Å². The maximum atomic E-state index is 12.0. The number of halogens is 1. The minimum atomic E-state index is -0.415. The van der Waals surface area contributed by atoms with Gasteiger partial charge in [-0.15, -0.1) is 23.7 Å². The second-order valence-corrected chi connectivity index (χ2v) is 5.04. The van der Waals surface area contributed by atoms with Crippen molar-refractivity contribution in [2.24, 2.45) is 5.73 Å². The number of hydrogen-bond acceptors (Lipinski definition) is 7. The minimum Gasteiger partial charge on any atom is -0.468 e. The lowest BCUT2D eigenvalue weighted by Crippen LogP contribution is -2.15. The van der Waals surface area contributed by atoms with Gasteiger partial charge in [-0.05, 0) is 6.54 Å². The fraction of sp³-hybridized carbons (Fsp3) is 0.333. The predicted molar refractivity (Wildman–Crippen MR) is 84.3 cm³/mol. The summed E-state index contributed by atoms with van der Waals surface area (Å²) in [5, 5.41) is 9.15. The van der Waals surface area contributed by atoms with Crippen LogP contribution in [0.2, 0.25) is 0 Å². The molecule has 0 radical (unpaired) electrons. The summed E-state index contributed by atoms with van der Waals surface area (Å²) >= 11 is 1.39. The van der Waals surface area contributed by atoms with Crippen LogP contribution in [-0.4, -0.2) is 40.3 Å². The Balaban J connectivity index is 0.00000242. The van der Waals surface area contributed by atoms with Gasteiger partial charge in [-0.1, -0.05) is 0 Å². The molecule has 2 heterocycles. The molecule has 0 unspecified atom stereocenters. The number of thiazole rings is 1. The zero-order chi connectivity index (χ0) is 15.2. The summed E-state index contributed by atoms with van der Waals surface area (Å²) in [5.74, 6) is -0.419. The zero-order valence-electron chi connectivity index (χ0n) is 11.8. The first-order valence-electron chi connectivity index (χ1n) is 6.18. The normalized spacial score (nSPS) is 9.91. The number of nitrogens with zero attached hydrogens (tertiary/aromatic N) is 3. The molecule has 8 nitrogen and oxygen atoms in total. The molecule has 1 amide bonds. The average molecular weight is 346 g/mol. The van der Waals surface area contributed by atoms with E-state index in [9.17, 15) is 9.59 Å². The van der Waals surface area contributed by atoms with Crippen molar-refractivity contribution in [3.8, 4) is 0 Å². The number of esters is 1. The van der Waals surface area contributed by atoms with E-state index in [1.54, 1.807) is 17.6 Å². The van der Waals surface area contributed by atoms with E-state index in [1.165, 1.54) is 23.1 Å². The van der Waals surface area contributed by atoms with Crippen LogP contribution in [0.15, 0.2) is 17.6 Å². The van der Waals surface area contributed by atoms with E-state index in [0.29, 0.717) is 24.5 Å². The zero-order valence-corrected chi connectivity index (χ0v) is 13.4. The molecule has 2 aromatic rings. The van der Waals surface area contributed by atoms with E-state index in [0.717, 1.165) is 5.01 Å². The number of methoxy groups -OCH3 is 1. The van der Waals surface area contributed by atoms with Crippen LogP contribution in [0, 0.1) is 0 Å². The van der Waals surface area contributed by atoms with E-state index in [1.807, 2.05) is 0 Å². The van der Waals surface area contributed by atoms with Gasteiger partial charge in [0.05, 0.1) is 12.1 Å². The van der Waals surface area contributed by atoms with Gasteiger partial charge in [0, 0.05) is 24.1 Å². The van der Waals surface area contributed by atoms with Gasteiger partial charge in [0.15, 0.2) is 5.82 Å². The Kier molecular flexibility index (Phi) is 6.96. The second-order valence-electron chi connectivity index (χ2n) is 4.09. The highest BCUT2D eigenvalue weighted by molar-refractivity contribution is 7.09. The van der Waals surface area contributed by atoms with E-state index in [2.05, 4.69) is 20.1 Å². The lowest BCUT2D eigenvalue weighted by molar-refractivity contribution is -0.141. The van der Waals surface area contributed by atoms with Crippen LogP contribution < -0.4 is 11.1 Å². The Hall–Kier alpha value is -1.97. The summed E-state index contributed by atoms with van der Waals surface area (Å²) < 4.78 is 5.91. The molecule has 0 atom stereocenters. The predicted octanol–water partition coefficient (Wildman–Crippen LogP) is 0.688. The molecule has 22 heavy (non-hydrogen) atoms. The smallest absolute Gasteiger partial charge is 0.327 e. The number of nitrogens with two attached hydrogens (primary N) is 1. The van der Waals surface area contributed by atoms with Crippen LogP contribution in [0.3, 0.4) is 0 Å². The van der Waals surface area contributed by atoms with Crippen LogP contribution in [0.1, 0.15) is 15.5 Å². The molecule has 10 heteroatoms. The van der Waals surface area contributed by atoms with Gasteiger partial charge in [-0.2, -0.15) is 5.10 Å².